The number of nitrogens with zero attached hydrogens (tertiary/aromatic N) is 4. The van der Waals surface area contributed by atoms with Crippen LogP contribution < -0.4 is 11.1 Å². The molecule has 0 radical (unpaired) electrons. The average molecular weight is 305 g/mol. The summed E-state index contributed by atoms with van der Waals surface area (Å²) in [6.07, 6.45) is 1.74. The number of hydrogen-bond acceptors (Lipinski definition) is 5. The van der Waals surface area contributed by atoms with E-state index in [9.17, 15) is 0 Å². The molecule has 1 aromatic heterocycles. The summed E-state index contributed by atoms with van der Waals surface area (Å²) in [6, 6.07) is 10.3. The maximum absolute atomic E-state index is 6.46. The molecule has 3 rings (SSSR count). The second-order valence-electron chi connectivity index (χ2n) is 5.12. The summed E-state index contributed by atoms with van der Waals surface area (Å²) < 4.78 is 1.77. The molecule has 1 aromatic carbocycles. The molecule has 110 valence electrons. The Morgan fingerprint density at radius 1 is 1.24 bits per heavy atom. The van der Waals surface area contributed by atoms with Gasteiger partial charge in [0.1, 0.15) is 5.15 Å². The van der Waals surface area contributed by atoms with Gasteiger partial charge in [-0.05, 0) is 19.4 Å². The summed E-state index contributed by atoms with van der Waals surface area (Å²) in [5.74, 6) is 0.745. The monoisotopic (exact) mass is 304 g/mol. The lowest BCUT2D eigenvalue weighted by Gasteiger charge is -2.22. The van der Waals surface area contributed by atoms with Crippen LogP contribution in [0.3, 0.4) is 0 Å². The van der Waals surface area contributed by atoms with E-state index in [0.717, 1.165) is 17.0 Å². The summed E-state index contributed by atoms with van der Waals surface area (Å²) in [5.41, 5.74) is 7.69. The van der Waals surface area contributed by atoms with Crippen LogP contribution in [0, 0.1) is 0 Å². The van der Waals surface area contributed by atoms with Crippen LogP contribution in [0.15, 0.2) is 41.6 Å². The highest BCUT2D eigenvalue weighted by molar-refractivity contribution is 6.33. The smallest absolute Gasteiger partial charge is 0.178 e. The van der Waals surface area contributed by atoms with Crippen molar-refractivity contribution in [3.05, 3.63) is 52.8 Å². The summed E-state index contributed by atoms with van der Waals surface area (Å²) in [4.78, 5) is 0. The third kappa shape index (κ3) is 2.72. The fraction of sp³-hybridized carbons (Fsp3) is 0.286. The highest BCUT2D eigenvalue weighted by Gasteiger charge is 2.25. The Balaban J connectivity index is 1.86. The van der Waals surface area contributed by atoms with Crippen LogP contribution in [0.5, 0.6) is 0 Å². The van der Waals surface area contributed by atoms with Crippen LogP contribution in [0.4, 0.5) is 0 Å². The fourth-order valence-corrected chi connectivity index (χ4v) is 2.43. The highest BCUT2D eigenvalue weighted by Crippen LogP contribution is 2.20. The first-order chi connectivity index (χ1) is 10.2. The number of hydrazine groups is 2. The minimum Gasteiger partial charge on any atom is -0.268 e. The molecule has 0 amide bonds. The van der Waals surface area contributed by atoms with Crippen molar-refractivity contribution in [3.8, 4) is 0 Å². The number of halogens is 1. The van der Waals surface area contributed by atoms with Gasteiger partial charge < -0.3 is 0 Å². The number of aromatic nitrogens is 2. The standard InChI is InChI=1S/C14H17ClN6/c1-10(2)21-14(17-18-19-21)12-8-16-20(13(12)15)9-11-6-4-3-5-7-11/h3-8,10,18-19H,9H2,1-2H3. The van der Waals surface area contributed by atoms with Gasteiger partial charge in [-0.25, -0.2) is 10.2 Å². The SMILES string of the molecule is CC(C)N1NNN=C1c1cnn(Cc2ccccc2)c1Cl. The van der Waals surface area contributed by atoms with E-state index >= 15 is 0 Å². The molecule has 2 heterocycles. The molecule has 0 saturated heterocycles. The number of amidine groups is 1. The van der Waals surface area contributed by atoms with Crippen LogP contribution in [-0.2, 0) is 6.54 Å². The summed E-state index contributed by atoms with van der Waals surface area (Å²) >= 11 is 6.46. The second kappa shape index (κ2) is 5.75. The lowest BCUT2D eigenvalue weighted by Crippen LogP contribution is -2.45. The first kappa shape index (κ1) is 13.9. The first-order valence-corrected chi connectivity index (χ1v) is 7.18. The molecule has 2 aromatic rings. The summed E-state index contributed by atoms with van der Waals surface area (Å²) in [7, 11) is 0. The Hall–Kier alpha value is -2.05. The molecule has 0 aliphatic carbocycles. The van der Waals surface area contributed by atoms with Crippen LogP contribution in [0.2, 0.25) is 5.15 Å². The number of nitrogens with one attached hydrogen (secondary N) is 2. The highest BCUT2D eigenvalue weighted by atomic mass is 35.5. The minimum absolute atomic E-state index is 0.243. The van der Waals surface area contributed by atoms with Gasteiger partial charge in [-0.2, -0.15) is 5.10 Å². The zero-order valence-electron chi connectivity index (χ0n) is 11.9. The quantitative estimate of drug-likeness (QED) is 0.907. The Morgan fingerprint density at radius 3 is 2.71 bits per heavy atom. The Bertz CT molecular complexity index is 649. The van der Waals surface area contributed by atoms with Crippen LogP contribution in [0.25, 0.3) is 0 Å². The molecule has 0 unspecified atom stereocenters. The zero-order chi connectivity index (χ0) is 14.8. The molecule has 0 spiro atoms. The number of hydrazone groups is 1. The van der Waals surface area contributed by atoms with E-state index < -0.39 is 0 Å². The van der Waals surface area contributed by atoms with Gasteiger partial charge in [-0.3, -0.25) is 5.01 Å². The van der Waals surface area contributed by atoms with E-state index in [1.165, 1.54) is 0 Å². The second-order valence-corrected chi connectivity index (χ2v) is 5.47. The van der Waals surface area contributed by atoms with E-state index in [-0.39, 0.29) is 6.04 Å². The number of benzene rings is 1. The first-order valence-electron chi connectivity index (χ1n) is 6.80. The van der Waals surface area contributed by atoms with E-state index in [0.29, 0.717) is 11.7 Å². The normalized spacial score (nSPS) is 14.5. The predicted molar refractivity (Wildman–Crippen MR) is 82.6 cm³/mol. The molecule has 7 heteroatoms. The fourth-order valence-electron chi connectivity index (χ4n) is 2.19. The van der Waals surface area contributed by atoms with Crippen LogP contribution in [0.1, 0.15) is 25.0 Å². The maximum atomic E-state index is 6.46. The molecular weight excluding hydrogens is 288 g/mol. The van der Waals surface area contributed by atoms with Gasteiger partial charge in [-0.1, -0.05) is 41.9 Å². The van der Waals surface area contributed by atoms with E-state index in [1.807, 2.05) is 35.3 Å². The molecule has 1 aliphatic heterocycles. The topological polar surface area (TPSA) is 57.5 Å². The largest absolute Gasteiger partial charge is 0.268 e. The van der Waals surface area contributed by atoms with Gasteiger partial charge in [0.05, 0.1) is 18.3 Å². The van der Waals surface area contributed by atoms with Crippen molar-refractivity contribution in [2.45, 2.75) is 26.4 Å². The molecular formula is C14H17ClN6. The van der Waals surface area contributed by atoms with Gasteiger partial charge >= 0.3 is 0 Å². The molecule has 0 saturated carbocycles. The van der Waals surface area contributed by atoms with E-state index in [2.05, 4.69) is 35.1 Å². The lowest BCUT2D eigenvalue weighted by molar-refractivity contribution is 0.246. The van der Waals surface area contributed by atoms with Gasteiger partial charge in [-0.15, -0.1) is 10.6 Å². The molecule has 6 nitrogen and oxygen atoms in total. The van der Waals surface area contributed by atoms with Crippen molar-refractivity contribution >= 4 is 17.4 Å². The van der Waals surface area contributed by atoms with Crippen LogP contribution >= 0.6 is 11.6 Å². The van der Waals surface area contributed by atoms with Gasteiger partial charge in [0.25, 0.3) is 0 Å². The Morgan fingerprint density at radius 2 is 2.00 bits per heavy atom. The number of rotatable bonds is 4. The Labute approximate surface area is 128 Å². The average Bonchev–Trinajstić information content (AvgIpc) is 3.08. The molecule has 0 atom stereocenters. The van der Waals surface area contributed by atoms with Crippen molar-refractivity contribution in [2.75, 3.05) is 0 Å². The minimum atomic E-state index is 0.243. The van der Waals surface area contributed by atoms with Crippen LogP contribution in [-0.4, -0.2) is 26.7 Å². The zero-order valence-corrected chi connectivity index (χ0v) is 12.7. The summed E-state index contributed by atoms with van der Waals surface area (Å²) in [6.45, 7) is 4.77. The molecule has 2 N–H and O–H groups in total. The Kier molecular flexibility index (Phi) is 3.81. The maximum Gasteiger partial charge on any atom is 0.178 e. The number of hydrogen-bond donors (Lipinski definition) is 2. The third-order valence-electron chi connectivity index (χ3n) is 3.27. The van der Waals surface area contributed by atoms with E-state index in [4.69, 9.17) is 11.6 Å². The van der Waals surface area contributed by atoms with Crippen molar-refractivity contribution in [3.63, 3.8) is 0 Å². The molecule has 0 bridgehead atoms. The summed E-state index contributed by atoms with van der Waals surface area (Å²) in [5, 5.41) is 11.1. The van der Waals surface area contributed by atoms with Crippen molar-refractivity contribution in [2.24, 2.45) is 5.10 Å². The van der Waals surface area contributed by atoms with E-state index in [1.54, 1.807) is 10.9 Å². The lowest BCUT2D eigenvalue weighted by atomic mass is 10.2. The van der Waals surface area contributed by atoms with Gasteiger partial charge in [0.15, 0.2) is 5.84 Å². The third-order valence-corrected chi connectivity index (χ3v) is 3.67. The molecule has 1 aliphatic rings. The van der Waals surface area contributed by atoms with Gasteiger partial charge in [0, 0.05) is 6.04 Å². The van der Waals surface area contributed by atoms with Crippen molar-refractivity contribution in [1.82, 2.24) is 25.9 Å². The van der Waals surface area contributed by atoms with Crippen molar-refractivity contribution < 1.29 is 0 Å². The molecule has 21 heavy (non-hydrogen) atoms. The molecule has 0 fully saturated rings. The predicted octanol–water partition coefficient (Wildman–Crippen LogP) is 1.98. The van der Waals surface area contributed by atoms with Crippen molar-refractivity contribution in [1.29, 1.82) is 0 Å². The van der Waals surface area contributed by atoms with Gasteiger partial charge in [0.2, 0.25) is 0 Å².